The summed E-state index contributed by atoms with van der Waals surface area (Å²) in [6.45, 7) is 6.31. The van der Waals surface area contributed by atoms with Gasteiger partial charge in [0.2, 0.25) is 5.91 Å². The molecule has 0 spiro atoms. The lowest BCUT2D eigenvalue weighted by Gasteiger charge is -2.30. The van der Waals surface area contributed by atoms with Crippen LogP contribution in [0.4, 0.5) is 9.18 Å². The van der Waals surface area contributed by atoms with E-state index in [0.29, 0.717) is 19.5 Å². The number of amides is 2. The maximum Gasteiger partial charge on any atom is 0.410 e. The fourth-order valence-electron chi connectivity index (χ4n) is 2.76. The third-order valence-electron chi connectivity index (χ3n) is 3.88. The highest BCUT2D eigenvalue weighted by molar-refractivity contribution is 5.86. The first-order valence-electron chi connectivity index (χ1n) is 8.16. The van der Waals surface area contributed by atoms with Crippen LogP contribution in [0.15, 0.2) is 24.3 Å². The third kappa shape index (κ3) is 4.69. The number of likely N-dealkylation sites (tertiary alicyclic amines) is 1. The zero-order valence-electron chi connectivity index (χ0n) is 14.7. The molecule has 2 rings (SSSR count). The summed E-state index contributed by atoms with van der Waals surface area (Å²) in [4.78, 5) is 28.1. The second-order valence-corrected chi connectivity index (χ2v) is 7.15. The third-order valence-corrected chi connectivity index (χ3v) is 3.88. The number of likely N-dealkylation sites (N-methyl/N-ethyl adjacent to an activating group) is 1. The van der Waals surface area contributed by atoms with Gasteiger partial charge in [-0.05, 0) is 51.3 Å². The lowest BCUT2D eigenvalue weighted by atomic mass is 10.1. The molecule has 132 valence electrons. The zero-order chi connectivity index (χ0) is 17.9. The maximum absolute atomic E-state index is 13.0. The van der Waals surface area contributed by atoms with Gasteiger partial charge in [-0.1, -0.05) is 12.1 Å². The maximum atomic E-state index is 13.0. The van der Waals surface area contributed by atoms with Crippen LogP contribution in [-0.4, -0.2) is 47.0 Å². The Kier molecular flexibility index (Phi) is 5.47. The van der Waals surface area contributed by atoms with E-state index < -0.39 is 17.7 Å². The summed E-state index contributed by atoms with van der Waals surface area (Å²) in [6.07, 6.45) is 0.958. The minimum Gasteiger partial charge on any atom is -0.444 e. The van der Waals surface area contributed by atoms with Crippen molar-refractivity contribution in [2.45, 2.75) is 51.8 Å². The van der Waals surface area contributed by atoms with E-state index in [0.717, 1.165) is 12.0 Å². The molecule has 24 heavy (non-hydrogen) atoms. The minimum atomic E-state index is -0.590. The molecule has 2 amide bonds. The standard InChI is InChI=1S/C18H25FN2O3/c1-18(2,3)24-17(23)21-11-5-6-15(21)16(22)20(4)12-13-7-9-14(19)10-8-13/h7-10,15H,5-6,11-12H2,1-4H3. The SMILES string of the molecule is CN(Cc1ccc(F)cc1)C(=O)C1CCCN1C(=O)OC(C)(C)C. The second-order valence-electron chi connectivity index (χ2n) is 7.15. The molecule has 0 aromatic heterocycles. The molecule has 0 saturated carbocycles. The first-order chi connectivity index (χ1) is 11.2. The summed E-state index contributed by atoms with van der Waals surface area (Å²) >= 11 is 0. The van der Waals surface area contributed by atoms with Crippen LogP contribution in [0.1, 0.15) is 39.2 Å². The lowest BCUT2D eigenvalue weighted by Crippen LogP contribution is -2.47. The van der Waals surface area contributed by atoms with E-state index in [1.54, 1.807) is 44.9 Å². The normalized spacial score (nSPS) is 17.7. The summed E-state index contributed by atoms with van der Waals surface area (Å²) in [7, 11) is 1.69. The Morgan fingerprint density at radius 2 is 1.92 bits per heavy atom. The molecule has 1 heterocycles. The number of nitrogens with zero attached hydrogens (tertiary/aromatic N) is 2. The summed E-state index contributed by atoms with van der Waals surface area (Å²) in [6, 6.07) is 5.55. The highest BCUT2D eigenvalue weighted by atomic mass is 19.1. The number of rotatable bonds is 3. The zero-order valence-corrected chi connectivity index (χ0v) is 14.7. The molecule has 0 bridgehead atoms. The molecule has 1 aromatic rings. The van der Waals surface area contributed by atoms with E-state index in [1.165, 1.54) is 17.0 Å². The summed E-state index contributed by atoms with van der Waals surface area (Å²) < 4.78 is 18.4. The average molecular weight is 336 g/mol. The van der Waals surface area contributed by atoms with Gasteiger partial charge in [-0.15, -0.1) is 0 Å². The lowest BCUT2D eigenvalue weighted by molar-refractivity contribution is -0.135. The van der Waals surface area contributed by atoms with E-state index in [-0.39, 0.29) is 11.7 Å². The molecule has 1 saturated heterocycles. The van der Waals surface area contributed by atoms with E-state index in [9.17, 15) is 14.0 Å². The van der Waals surface area contributed by atoms with Crippen molar-refractivity contribution in [1.82, 2.24) is 9.80 Å². The summed E-state index contributed by atoms with van der Waals surface area (Å²) in [5.74, 6) is -0.428. The molecule has 0 aliphatic carbocycles. The van der Waals surface area contributed by atoms with E-state index in [4.69, 9.17) is 4.74 Å². The van der Waals surface area contributed by atoms with Gasteiger partial charge < -0.3 is 9.64 Å². The molecular formula is C18H25FN2O3. The van der Waals surface area contributed by atoms with Gasteiger partial charge in [0.05, 0.1) is 0 Å². The molecule has 6 heteroatoms. The Balaban J connectivity index is 2.01. The molecule has 1 fully saturated rings. The van der Waals surface area contributed by atoms with Gasteiger partial charge in [-0.2, -0.15) is 0 Å². The van der Waals surface area contributed by atoms with Crippen molar-refractivity contribution in [2.24, 2.45) is 0 Å². The van der Waals surface area contributed by atoms with Crippen molar-refractivity contribution < 1.29 is 18.7 Å². The number of benzene rings is 1. The van der Waals surface area contributed by atoms with Gasteiger partial charge in [0.15, 0.2) is 0 Å². The molecule has 1 aliphatic heterocycles. The fourth-order valence-corrected chi connectivity index (χ4v) is 2.76. The number of halogens is 1. The van der Waals surface area contributed by atoms with Crippen LogP contribution in [0.3, 0.4) is 0 Å². The predicted molar refractivity (Wildman–Crippen MR) is 88.8 cm³/mol. The molecule has 1 atom stereocenters. The summed E-state index contributed by atoms with van der Waals surface area (Å²) in [5, 5.41) is 0. The fraction of sp³-hybridized carbons (Fsp3) is 0.556. The van der Waals surface area contributed by atoms with Crippen molar-refractivity contribution in [3.63, 3.8) is 0 Å². The van der Waals surface area contributed by atoms with Gasteiger partial charge >= 0.3 is 6.09 Å². The van der Waals surface area contributed by atoms with Crippen molar-refractivity contribution in [3.8, 4) is 0 Å². The molecule has 5 nitrogen and oxygen atoms in total. The number of ether oxygens (including phenoxy) is 1. The first-order valence-corrected chi connectivity index (χ1v) is 8.16. The van der Waals surface area contributed by atoms with Gasteiger partial charge in [0.25, 0.3) is 0 Å². The van der Waals surface area contributed by atoms with Crippen LogP contribution in [0.5, 0.6) is 0 Å². The predicted octanol–water partition coefficient (Wildman–Crippen LogP) is 3.18. The minimum absolute atomic E-state index is 0.123. The molecular weight excluding hydrogens is 311 g/mol. The van der Waals surface area contributed by atoms with Gasteiger partial charge in [-0.25, -0.2) is 9.18 Å². The smallest absolute Gasteiger partial charge is 0.410 e. The van der Waals surface area contributed by atoms with E-state index in [1.807, 2.05) is 0 Å². The van der Waals surface area contributed by atoms with Crippen LogP contribution in [0.2, 0.25) is 0 Å². The van der Waals surface area contributed by atoms with Crippen LogP contribution >= 0.6 is 0 Å². The molecule has 1 aromatic carbocycles. The van der Waals surface area contributed by atoms with Gasteiger partial charge in [-0.3, -0.25) is 9.69 Å². The Morgan fingerprint density at radius 1 is 1.29 bits per heavy atom. The highest BCUT2D eigenvalue weighted by Gasteiger charge is 2.37. The van der Waals surface area contributed by atoms with Crippen LogP contribution in [0, 0.1) is 5.82 Å². The number of carbonyl (C=O) groups excluding carboxylic acids is 2. The van der Waals surface area contributed by atoms with Crippen molar-refractivity contribution in [2.75, 3.05) is 13.6 Å². The molecule has 1 unspecified atom stereocenters. The average Bonchev–Trinajstić information content (AvgIpc) is 2.96. The Bertz CT molecular complexity index is 595. The largest absolute Gasteiger partial charge is 0.444 e. The number of hydrogen-bond acceptors (Lipinski definition) is 3. The molecule has 0 N–H and O–H groups in total. The first kappa shape index (κ1) is 18.2. The Hall–Kier alpha value is -2.11. The second kappa shape index (κ2) is 7.20. The van der Waals surface area contributed by atoms with Crippen LogP contribution < -0.4 is 0 Å². The Morgan fingerprint density at radius 3 is 2.50 bits per heavy atom. The van der Waals surface area contributed by atoms with E-state index >= 15 is 0 Å². The monoisotopic (exact) mass is 336 g/mol. The van der Waals surface area contributed by atoms with Gasteiger partial charge in [0.1, 0.15) is 17.5 Å². The van der Waals surface area contributed by atoms with Crippen molar-refractivity contribution in [3.05, 3.63) is 35.6 Å². The highest BCUT2D eigenvalue weighted by Crippen LogP contribution is 2.22. The quantitative estimate of drug-likeness (QED) is 0.852. The van der Waals surface area contributed by atoms with Crippen molar-refractivity contribution >= 4 is 12.0 Å². The Labute approximate surface area is 142 Å². The number of hydrogen-bond donors (Lipinski definition) is 0. The van der Waals surface area contributed by atoms with Crippen molar-refractivity contribution in [1.29, 1.82) is 0 Å². The van der Waals surface area contributed by atoms with E-state index in [2.05, 4.69) is 0 Å². The van der Waals surface area contributed by atoms with Crippen LogP contribution in [-0.2, 0) is 16.1 Å². The molecule has 0 radical (unpaired) electrons. The van der Waals surface area contributed by atoms with Gasteiger partial charge in [0, 0.05) is 20.1 Å². The van der Waals surface area contributed by atoms with Crippen LogP contribution in [0.25, 0.3) is 0 Å². The number of carbonyl (C=O) groups is 2. The summed E-state index contributed by atoms with van der Waals surface area (Å²) in [5.41, 5.74) is 0.252. The topological polar surface area (TPSA) is 49.9 Å². The molecule has 1 aliphatic rings.